The third-order valence-corrected chi connectivity index (χ3v) is 2.99. The first-order valence-corrected chi connectivity index (χ1v) is 5.34. The highest BCUT2D eigenvalue weighted by atomic mass is 32.2. The van der Waals surface area contributed by atoms with E-state index in [9.17, 15) is 9.59 Å². The minimum atomic E-state index is -1.13. The predicted molar refractivity (Wildman–Crippen MR) is 60.4 cm³/mol. The third-order valence-electron chi connectivity index (χ3n) is 1.79. The second kappa shape index (κ2) is 5.41. The van der Waals surface area contributed by atoms with Crippen LogP contribution in [0, 0.1) is 0 Å². The normalized spacial score (nSPS) is 12.0. The van der Waals surface area contributed by atoms with Crippen molar-refractivity contribution in [3.05, 3.63) is 24.3 Å². The van der Waals surface area contributed by atoms with Crippen LogP contribution in [0.15, 0.2) is 29.2 Å². The van der Waals surface area contributed by atoms with Gasteiger partial charge in [-0.25, -0.2) is 0 Å². The van der Waals surface area contributed by atoms with Crippen molar-refractivity contribution in [3.8, 4) is 0 Å². The number of benzene rings is 1. The fourth-order valence-corrected chi connectivity index (χ4v) is 2.00. The summed E-state index contributed by atoms with van der Waals surface area (Å²) in [5.41, 5.74) is 6.06. The minimum absolute atomic E-state index is 0.412. The maximum Gasteiger partial charge on any atom is 0.317 e. The lowest BCUT2D eigenvalue weighted by Gasteiger charge is -2.09. The zero-order valence-electron chi connectivity index (χ0n) is 8.29. The molecule has 1 rings (SSSR count). The number of nitrogens with two attached hydrogens (primary N) is 1. The van der Waals surface area contributed by atoms with Crippen LogP contribution in [-0.4, -0.2) is 27.4 Å². The van der Waals surface area contributed by atoms with E-state index >= 15 is 0 Å². The van der Waals surface area contributed by atoms with E-state index < -0.39 is 23.6 Å². The van der Waals surface area contributed by atoms with E-state index in [0.29, 0.717) is 10.6 Å². The van der Waals surface area contributed by atoms with Gasteiger partial charge in [0.2, 0.25) is 0 Å². The van der Waals surface area contributed by atoms with Crippen LogP contribution in [0.3, 0.4) is 0 Å². The van der Waals surface area contributed by atoms with Crippen molar-refractivity contribution in [2.75, 3.05) is 5.73 Å². The molecule has 0 saturated heterocycles. The summed E-state index contributed by atoms with van der Waals surface area (Å²) >= 11 is 0.998. The van der Waals surface area contributed by atoms with Crippen molar-refractivity contribution in [2.24, 2.45) is 0 Å². The van der Waals surface area contributed by atoms with Crippen LogP contribution in [0.4, 0.5) is 5.69 Å². The van der Waals surface area contributed by atoms with Gasteiger partial charge in [0.05, 0.1) is 6.42 Å². The van der Waals surface area contributed by atoms with Gasteiger partial charge in [-0.05, 0) is 24.3 Å². The number of thioether (sulfide) groups is 1. The highest BCUT2D eigenvalue weighted by Crippen LogP contribution is 2.26. The second-order valence-electron chi connectivity index (χ2n) is 3.11. The van der Waals surface area contributed by atoms with Crippen molar-refractivity contribution < 1.29 is 19.8 Å². The van der Waals surface area contributed by atoms with E-state index in [1.807, 2.05) is 0 Å². The summed E-state index contributed by atoms with van der Waals surface area (Å²) in [6.07, 6.45) is -0.412. The number of carboxylic acid groups (broad SMARTS) is 2. The lowest BCUT2D eigenvalue weighted by Crippen LogP contribution is -2.20. The maximum atomic E-state index is 10.8. The molecule has 4 N–H and O–H groups in total. The minimum Gasteiger partial charge on any atom is -0.481 e. The van der Waals surface area contributed by atoms with Crippen molar-refractivity contribution >= 4 is 29.4 Å². The molecule has 0 spiro atoms. The van der Waals surface area contributed by atoms with E-state index in [1.165, 1.54) is 0 Å². The molecule has 0 bridgehead atoms. The number of aliphatic carboxylic acids is 2. The lowest BCUT2D eigenvalue weighted by atomic mass is 10.3. The van der Waals surface area contributed by atoms with Crippen LogP contribution in [0.5, 0.6) is 0 Å². The zero-order valence-corrected chi connectivity index (χ0v) is 9.11. The molecule has 5 nitrogen and oxygen atoms in total. The van der Waals surface area contributed by atoms with Gasteiger partial charge in [0.25, 0.3) is 0 Å². The number of anilines is 1. The standard InChI is InChI=1S/C10H11NO4S/c11-6-1-3-7(4-2-6)16-8(10(14)15)5-9(12)13/h1-4,8H,5,11H2,(H,12,13)(H,14,15). The van der Waals surface area contributed by atoms with Crippen molar-refractivity contribution in [1.29, 1.82) is 0 Å². The van der Waals surface area contributed by atoms with Gasteiger partial charge in [0.1, 0.15) is 5.25 Å². The Morgan fingerprint density at radius 1 is 1.25 bits per heavy atom. The fourth-order valence-electron chi connectivity index (χ4n) is 1.05. The summed E-state index contributed by atoms with van der Waals surface area (Å²) in [6.45, 7) is 0. The van der Waals surface area contributed by atoms with Gasteiger partial charge in [-0.3, -0.25) is 9.59 Å². The number of hydrogen-bond acceptors (Lipinski definition) is 4. The van der Waals surface area contributed by atoms with E-state index in [4.69, 9.17) is 15.9 Å². The number of nitrogen functional groups attached to an aromatic ring is 1. The molecule has 1 atom stereocenters. The monoisotopic (exact) mass is 241 g/mol. The zero-order chi connectivity index (χ0) is 12.1. The smallest absolute Gasteiger partial charge is 0.317 e. The van der Waals surface area contributed by atoms with Gasteiger partial charge in [-0.2, -0.15) is 0 Å². The molecule has 0 aliphatic carbocycles. The SMILES string of the molecule is Nc1ccc(SC(CC(=O)O)C(=O)O)cc1. The second-order valence-corrected chi connectivity index (χ2v) is 4.39. The van der Waals surface area contributed by atoms with E-state index in [1.54, 1.807) is 24.3 Å². The Labute approximate surface area is 96.3 Å². The fraction of sp³-hybridized carbons (Fsp3) is 0.200. The topological polar surface area (TPSA) is 101 Å². The first kappa shape index (κ1) is 12.4. The summed E-state index contributed by atoms with van der Waals surface area (Å²) in [5, 5.41) is 16.4. The first-order chi connectivity index (χ1) is 7.49. The van der Waals surface area contributed by atoms with Crippen LogP contribution in [0.1, 0.15) is 6.42 Å². The van der Waals surface area contributed by atoms with E-state index in [2.05, 4.69) is 0 Å². The molecule has 0 fully saturated rings. The summed E-state index contributed by atoms with van der Waals surface area (Å²) in [5.74, 6) is -2.26. The number of rotatable bonds is 5. The molecular formula is C10H11NO4S. The molecule has 1 unspecified atom stereocenters. The molecule has 1 aromatic rings. The molecule has 0 amide bonds. The van der Waals surface area contributed by atoms with E-state index in [0.717, 1.165) is 11.8 Å². The Balaban J connectivity index is 2.71. The average Bonchev–Trinajstić information content (AvgIpc) is 2.19. The first-order valence-electron chi connectivity index (χ1n) is 4.46. The van der Waals surface area contributed by atoms with Gasteiger partial charge < -0.3 is 15.9 Å². The molecule has 0 aliphatic heterocycles. The van der Waals surface area contributed by atoms with Crippen molar-refractivity contribution in [1.82, 2.24) is 0 Å². The highest BCUT2D eigenvalue weighted by Gasteiger charge is 2.22. The molecule has 6 heteroatoms. The Bertz CT molecular complexity index is 390. The summed E-state index contributed by atoms with van der Waals surface area (Å²) in [4.78, 5) is 21.9. The van der Waals surface area contributed by atoms with Crippen molar-refractivity contribution in [2.45, 2.75) is 16.6 Å². The number of carbonyl (C=O) groups is 2. The van der Waals surface area contributed by atoms with Crippen LogP contribution in [-0.2, 0) is 9.59 Å². The highest BCUT2D eigenvalue weighted by molar-refractivity contribution is 8.00. The summed E-state index contributed by atoms with van der Waals surface area (Å²) in [6, 6.07) is 6.61. The Hall–Kier alpha value is -1.69. The largest absolute Gasteiger partial charge is 0.481 e. The average molecular weight is 241 g/mol. The third kappa shape index (κ3) is 3.82. The molecule has 16 heavy (non-hydrogen) atoms. The Morgan fingerprint density at radius 2 is 1.81 bits per heavy atom. The Kier molecular flexibility index (Phi) is 4.19. The van der Waals surface area contributed by atoms with Crippen LogP contribution >= 0.6 is 11.8 Å². The molecule has 0 saturated carbocycles. The lowest BCUT2D eigenvalue weighted by molar-refractivity contribution is -0.142. The van der Waals surface area contributed by atoms with Gasteiger partial charge in [-0.1, -0.05) is 0 Å². The molecular weight excluding hydrogens is 230 g/mol. The van der Waals surface area contributed by atoms with Crippen LogP contribution in [0.2, 0.25) is 0 Å². The van der Waals surface area contributed by atoms with Crippen LogP contribution < -0.4 is 5.73 Å². The van der Waals surface area contributed by atoms with Gasteiger partial charge >= 0.3 is 11.9 Å². The van der Waals surface area contributed by atoms with E-state index in [-0.39, 0.29) is 0 Å². The molecule has 0 heterocycles. The van der Waals surface area contributed by atoms with Crippen molar-refractivity contribution in [3.63, 3.8) is 0 Å². The number of hydrogen-bond donors (Lipinski definition) is 3. The quantitative estimate of drug-likeness (QED) is 0.530. The number of carboxylic acids is 2. The van der Waals surface area contributed by atoms with Crippen LogP contribution in [0.25, 0.3) is 0 Å². The molecule has 86 valence electrons. The summed E-state index contributed by atoms with van der Waals surface area (Å²) < 4.78 is 0. The van der Waals surface area contributed by atoms with Gasteiger partial charge in [0, 0.05) is 10.6 Å². The molecule has 0 radical (unpaired) electrons. The van der Waals surface area contributed by atoms with Gasteiger partial charge in [-0.15, -0.1) is 11.8 Å². The molecule has 0 aliphatic rings. The van der Waals surface area contributed by atoms with Gasteiger partial charge in [0.15, 0.2) is 0 Å². The predicted octanol–water partition coefficient (Wildman–Crippen LogP) is 1.29. The maximum absolute atomic E-state index is 10.8. The Morgan fingerprint density at radius 3 is 2.25 bits per heavy atom. The molecule has 0 aromatic heterocycles. The molecule has 1 aromatic carbocycles. The summed E-state index contributed by atoms with van der Waals surface area (Å²) in [7, 11) is 0.